The molecule has 3 nitrogen and oxygen atoms in total. The number of rotatable bonds is 3. The average Bonchev–Trinajstić information content (AvgIpc) is 3.37. The van der Waals surface area contributed by atoms with Gasteiger partial charge in [0, 0.05) is 53.2 Å². The molecule has 3 aliphatic rings. The van der Waals surface area contributed by atoms with Gasteiger partial charge in [0.05, 0.1) is 6.07 Å². The number of hydrogen-bond donors (Lipinski definition) is 0. The lowest BCUT2D eigenvalue weighted by molar-refractivity contribution is 0.470. The highest BCUT2D eigenvalue weighted by molar-refractivity contribution is 5.87. The largest absolute Gasteiger partial charge is 0.456 e. The van der Waals surface area contributed by atoms with Crippen molar-refractivity contribution in [3.8, 4) is 11.5 Å². The van der Waals surface area contributed by atoms with E-state index >= 15 is 0 Å². The second kappa shape index (κ2) is 6.73. The SMILES string of the molecule is CCN1CCc2cc3c(cc21)Oc1cc2c(cc1=C3c1ccccc1)CC[N+]=2CC. The van der Waals surface area contributed by atoms with Crippen molar-refractivity contribution in [2.24, 2.45) is 0 Å². The van der Waals surface area contributed by atoms with Crippen molar-refractivity contribution in [1.29, 1.82) is 0 Å². The lowest BCUT2D eigenvalue weighted by Gasteiger charge is -2.24. The van der Waals surface area contributed by atoms with Crippen LogP contribution in [0, 0.1) is 0 Å². The molecule has 0 atom stereocenters. The highest BCUT2D eigenvalue weighted by Crippen LogP contribution is 2.42. The molecule has 0 radical (unpaired) electrons. The number of likely N-dealkylation sites (N-methyl/N-ethyl adjacent to an activating group) is 2. The van der Waals surface area contributed by atoms with Gasteiger partial charge in [-0.15, -0.1) is 0 Å². The van der Waals surface area contributed by atoms with E-state index < -0.39 is 0 Å². The summed E-state index contributed by atoms with van der Waals surface area (Å²) in [5.74, 6) is 1.97. The molecule has 0 amide bonds. The highest BCUT2D eigenvalue weighted by Gasteiger charge is 2.28. The number of hydrogen-bond acceptors (Lipinski definition) is 2. The van der Waals surface area contributed by atoms with Crippen molar-refractivity contribution < 1.29 is 4.74 Å². The fourth-order valence-electron chi connectivity index (χ4n) is 5.36. The Labute approximate surface area is 177 Å². The van der Waals surface area contributed by atoms with Crippen molar-refractivity contribution in [2.75, 3.05) is 31.1 Å². The molecule has 0 bridgehead atoms. The zero-order valence-electron chi connectivity index (χ0n) is 17.7. The quantitative estimate of drug-likeness (QED) is 0.494. The van der Waals surface area contributed by atoms with Gasteiger partial charge in [0.2, 0.25) is 5.36 Å². The molecule has 6 rings (SSSR count). The van der Waals surface area contributed by atoms with Crippen molar-refractivity contribution in [1.82, 2.24) is 4.58 Å². The third-order valence-corrected chi connectivity index (χ3v) is 6.93. The van der Waals surface area contributed by atoms with Gasteiger partial charge in [0.1, 0.15) is 24.6 Å². The molecule has 150 valence electrons. The first-order valence-electron chi connectivity index (χ1n) is 11.2. The van der Waals surface area contributed by atoms with E-state index in [1.54, 1.807) is 0 Å². The predicted molar refractivity (Wildman–Crippen MR) is 122 cm³/mol. The third-order valence-electron chi connectivity index (χ3n) is 6.93. The summed E-state index contributed by atoms with van der Waals surface area (Å²) in [5.41, 5.74) is 8.02. The fourth-order valence-corrected chi connectivity index (χ4v) is 5.36. The first-order chi connectivity index (χ1) is 14.8. The van der Waals surface area contributed by atoms with Gasteiger partial charge < -0.3 is 9.64 Å². The summed E-state index contributed by atoms with van der Waals surface area (Å²) in [6.07, 6.45) is 2.22. The summed E-state index contributed by atoms with van der Waals surface area (Å²) in [5, 5.41) is 2.57. The minimum atomic E-state index is 0.987. The molecule has 0 aliphatic carbocycles. The maximum atomic E-state index is 6.59. The molecule has 0 spiro atoms. The second-order valence-corrected chi connectivity index (χ2v) is 8.46. The zero-order chi connectivity index (χ0) is 20.2. The van der Waals surface area contributed by atoms with Gasteiger partial charge in [-0.1, -0.05) is 30.3 Å². The van der Waals surface area contributed by atoms with Crippen LogP contribution in [0.5, 0.6) is 11.5 Å². The molecule has 0 saturated carbocycles. The van der Waals surface area contributed by atoms with E-state index in [0.29, 0.717) is 0 Å². The van der Waals surface area contributed by atoms with Gasteiger partial charge in [-0.05, 0) is 43.5 Å². The van der Waals surface area contributed by atoms with Crippen molar-refractivity contribution in [2.45, 2.75) is 26.7 Å². The minimum absolute atomic E-state index is 0.987. The van der Waals surface area contributed by atoms with Crippen molar-refractivity contribution in [3.05, 3.63) is 87.4 Å². The first-order valence-corrected chi connectivity index (χ1v) is 11.2. The molecule has 3 aromatic rings. The fraction of sp³-hybridized carbons (Fsp3) is 0.296. The van der Waals surface area contributed by atoms with E-state index in [2.05, 4.69) is 77.9 Å². The Balaban J connectivity index is 1.68. The van der Waals surface area contributed by atoms with Crippen molar-refractivity contribution in [3.63, 3.8) is 0 Å². The standard InChI is InChI=1S/C27H27N2O/c1-3-28-12-10-19-14-21-25(16-23(19)28)30-26-17-24-20(11-13-29(24)4-2)15-22(26)27(21)18-8-6-5-7-9-18/h5-9,14-17H,3-4,10-13H2,1-2H3/q+1. The van der Waals surface area contributed by atoms with Crippen LogP contribution in [0.2, 0.25) is 0 Å². The Hall–Kier alpha value is -3.07. The molecular formula is C27H27N2O+. The number of nitrogens with zero attached hydrogens (tertiary/aromatic N) is 2. The van der Waals surface area contributed by atoms with E-state index in [9.17, 15) is 0 Å². The van der Waals surface area contributed by atoms with Crippen LogP contribution in [-0.2, 0) is 12.8 Å². The molecule has 0 unspecified atom stereocenters. The lowest BCUT2D eigenvalue weighted by atomic mass is 9.90. The number of benzene rings is 3. The van der Waals surface area contributed by atoms with Crippen LogP contribution in [-0.4, -0.2) is 26.2 Å². The van der Waals surface area contributed by atoms with Gasteiger partial charge >= 0.3 is 0 Å². The zero-order valence-corrected chi connectivity index (χ0v) is 17.7. The summed E-state index contributed by atoms with van der Waals surface area (Å²) in [7, 11) is 0. The first kappa shape index (κ1) is 17.8. The van der Waals surface area contributed by atoms with Crippen LogP contribution in [0.1, 0.15) is 36.1 Å². The van der Waals surface area contributed by atoms with Crippen LogP contribution >= 0.6 is 0 Å². The number of fused-ring (bicyclic) bond motifs is 4. The maximum Gasteiger partial charge on any atom is 0.207 e. The minimum Gasteiger partial charge on any atom is -0.456 e. The monoisotopic (exact) mass is 395 g/mol. The number of anilines is 1. The number of ether oxygens (including phenoxy) is 1. The summed E-state index contributed by atoms with van der Waals surface area (Å²) in [6.45, 7) is 8.74. The van der Waals surface area contributed by atoms with Crippen LogP contribution in [0.4, 0.5) is 5.69 Å². The molecular weight excluding hydrogens is 368 g/mol. The molecule has 3 aliphatic heterocycles. The molecule has 3 heteroatoms. The van der Waals surface area contributed by atoms with Gasteiger partial charge in [0.25, 0.3) is 0 Å². The highest BCUT2D eigenvalue weighted by atomic mass is 16.5. The second-order valence-electron chi connectivity index (χ2n) is 8.46. The van der Waals surface area contributed by atoms with Gasteiger partial charge in [-0.25, -0.2) is 4.58 Å². The molecule has 3 heterocycles. The van der Waals surface area contributed by atoms with Crippen molar-refractivity contribution >= 4 is 11.3 Å². The van der Waals surface area contributed by atoms with Crippen LogP contribution in [0.25, 0.3) is 5.57 Å². The Morgan fingerprint density at radius 1 is 0.933 bits per heavy atom. The summed E-state index contributed by atoms with van der Waals surface area (Å²) in [6, 6.07) is 20.1. The maximum absolute atomic E-state index is 6.59. The van der Waals surface area contributed by atoms with Gasteiger partial charge in [0.15, 0.2) is 0 Å². The smallest absolute Gasteiger partial charge is 0.207 e. The normalized spacial score (nSPS) is 16.1. The Kier molecular flexibility index (Phi) is 3.98. The van der Waals surface area contributed by atoms with E-state index in [0.717, 1.165) is 50.5 Å². The predicted octanol–water partition coefficient (Wildman–Crippen LogP) is 3.49. The van der Waals surface area contributed by atoms with Crippen LogP contribution < -0.4 is 24.8 Å². The topological polar surface area (TPSA) is 15.5 Å². The Morgan fingerprint density at radius 3 is 2.60 bits per heavy atom. The molecule has 30 heavy (non-hydrogen) atoms. The van der Waals surface area contributed by atoms with E-state index in [1.165, 1.54) is 44.1 Å². The van der Waals surface area contributed by atoms with E-state index in [4.69, 9.17) is 4.74 Å². The van der Waals surface area contributed by atoms with E-state index in [1.807, 2.05) is 0 Å². The Bertz CT molecular complexity index is 1290. The molecule has 0 aromatic heterocycles. The average molecular weight is 396 g/mol. The summed E-state index contributed by atoms with van der Waals surface area (Å²) >= 11 is 0. The van der Waals surface area contributed by atoms with Crippen LogP contribution in [0.3, 0.4) is 0 Å². The molecule has 0 saturated heterocycles. The van der Waals surface area contributed by atoms with E-state index in [-0.39, 0.29) is 0 Å². The summed E-state index contributed by atoms with van der Waals surface area (Å²) < 4.78 is 9.05. The molecule has 0 fully saturated rings. The molecule has 0 N–H and O–H groups in total. The summed E-state index contributed by atoms with van der Waals surface area (Å²) in [4.78, 5) is 2.46. The lowest BCUT2D eigenvalue weighted by Crippen LogP contribution is -2.28. The molecule has 3 aromatic carbocycles. The van der Waals surface area contributed by atoms with Crippen LogP contribution in [0.15, 0.2) is 54.6 Å². The third kappa shape index (κ3) is 2.54. The van der Waals surface area contributed by atoms with Gasteiger partial charge in [-0.3, -0.25) is 0 Å². The van der Waals surface area contributed by atoms with Gasteiger partial charge in [-0.2, -0.15) is 0 Å². The Morgan fingerprint density at radius 2 is 1.80 bits per heavy atom.